The number of aromatic nitrogens is 5. The van der Waals surface area contributed by atoms with Crippen molar-refractivity contribution in [3.8, 4) is 0 Å². The molecule has 3 aromatic heterocycles. The maximum absolute atomic E-state index is 10.5. The molecule has 0 atom stereocenters. The van der Waals surface area contributed by atoms with Crippen molar-refractivity contribution in [1.82, 2.24) is 24.3 Å². The average molecular weight is 419 g/mol. The van der Waals surface area contributed by atoms with Crippen LogP contribution >= 0.6 is 0 Å². The molecule has 0 fully saturated rings. The second-order valence-corrected chi connectivity index (χ2v) is 7.58. The van der Waals surface area contributed by atoms with Crippen LogP contribution in [0.25, 0.3) is 11.0 Å². The lowest BCUT2D eigenvalue weighted by atomic mass is 10.1. The van der Waals surface area contributed by atoms with Crippen LogP contribution in [0.15, 0.2) is 61.2 Å². The number of fused-ring (bicyclic) bond motifs is 1. The minimum absolute atomic E-state index is 0.245. The molecule has 0 aliphatic carbocycles. The van der Waals surface area contributed by atoms with Gasteiger partial charge in [-0.05, 0) is 24.5 Å². The first-order chi connectivity index (χ1) is 15.2. The first kappa shape index (κ1) is 20.6. The molecule has 0 spiro atoms. The van der Waals surface area contributed by atoms with Gasteiger partial charge < -0.3 is 15.0 Å². The number of nitrogens with one attached hydrogen (secondary N) is 1. The van der Waals surface area contributed by atoms with Gasteiger partial charge in [-0.15, -0.1) is 0 Å². The van der Waals surface area contributed by atoms with Crippen LogP contribution in [-0.4, -0.2) is 35.4 Å². The van der Waals surface area contributed by atoms with E-state index in [9.17, 15) is 4.79 Å². The third-order valence-corrected chi connectivity index (χ3v) is 5.11. The normalized spacial score (nSPS) is 11.1. The Bertz CT molecular complexity index is 1140. The van der Waals surface area contributed by atoms with Gasteiger partial charge in [0, 0.05) is 43.5 Å². The van der Waals surface area contributed by atoms with Crippen molar-refractivity contribution >= 4 is 28.6 Å². The van der Waals surface area contributed by atoms with E-state index in [-0.39, 0.29) is 6.42 Å². The molecular formula is C23H26N6O2. The summed E-state index contributed by atoms with van der Waals surface area (Å²) in [7, 11) is 0. The van der Waals surface area contributed by atoms with E-state index in [1.807, 2.05) is 47.5 Å². The first-order valence-electron chi connectivity index (χ1n) is 10.5. The number of unbranched alkanes of at least 4 members (excludes halogenated alkanes) is 3. The number of nitrogens with zero attached hydrogens (tertiary/aromatic N) is 5. The van der Waals surface area contributed by atoms with Gasteiger partial charge in [0.05, 0.1) is 11.9 Å². The van der Waals surface area contributed by atoms with Gasteiger partial charge >= 0.3 is 5.97 Å². The standard InChI is InChI=1S/C23H26N6O2/c30-21(31)10-6-1-2-7-12-29-17-20(15-25-29)26-23-24-14-19-11-13-28(22(19)27-23)16-18-8-4-3-5-9-18/h3-5,8-9,11,13-15,17H,1-2,6-7,10,12,16H2,(H,30,31)(H,24,26,27). The Morgan fingerprint density at radius 3 is 2.71 bits per heavy atom. The summed E-state index contributed by atoms with van der Waals surface area (Å²) in [6.45, 7) is 1.56. The summed E-state index contributed by atoms with van der Waals surface area (Å²) < 4.78 is 4.00. The third-order valence-electron chi connectivity index (χ3n) is 5.11. The van der Waals surface area contributed by atoms with Gasteiger partial charge in [0.2, 0.25) is 5.95 Å². The van der Waals surface area contributed by atoms with Crippen LogP contribution in [-0.2, 0) is 17.9 Å². The molecule has 0 aliphatic heterocycles. The van der Waals surface area contributed by atoms with Crippen molar-refractivity contribution in [3.05, 3.63) is 66.7 Å². The number of carbonyl (C=O) groups is 1. The molecule has 0 amide bonds. The molecule has 4 rings (SSSR count). The molecule has 31 heavy (non-hydrogen) atoms. The van der Waals surface area contributed by atoms with E-state index in [4.69, 9.17) is 10.1 Å². The quantitative estimate of drug-likeness (QED) is 0.349. The zero-order valence-electron chi connectivity index (χ0n) is 17.3. The Balaban J connectivity index is 1.34. The molecule has 0 saturated carbocycles. The Morgan fingerprint density at radius 1 is 1.03 bits per heavy atom. The Labute approximate surface area is 180 Å². The number of anilines is 2. The van der Waals surface area contributed by atoms with Crippen LogP contribution in [0, 0.1) is 0 Å². The largest absolute Gasteiger partial charge is 0.481 e. The fraction of sp³-hybridized carbons (Fsp3) is 0.304. The Kier molecular flexibility index (Phi) is 6.56. The summed E-state index contributed by atoms with van der Waals surface area (Å²) in [6.07, 6.45) is 11.4. The molecule has 1 aromatic carbocycles. The molecule has 0 radical (unpaired) electrons. The van der Waals surface area contributed by atoms with Crippen molar-refractivity contribution in [2.75, 3.05) is 5.32 Å². The lowest BCUT2D eigenvalue weighted by Gasteiger charge is -2.06. The zero-order chi connectivity index (χ0) is 21.5. The predicted molar refractivity (Wildman–Crippen MR) is 119 cm³/mol. The van der Waals surface area contributed by atoms with Gasteiger partial charge in [0.15, 0.2) is 0 Å². The van der Waals surface area contributed by atoms with Crippen LogP contribution in [0.1, 0.15) is 37.7 Å². The number of aryl methyl sites for hydroxylation is 1. The van der Waals surface area contributed by atoms with E-state index in [1.54, 1.807) is 6.20 Å². The van der Waals surface area contributed by atoms with E-state index >= 15 is 0 Å². The molecule has 0 saturated heterocycles. The van der Waals surface area contributed by atoms with E-state index in [1.165, 1.54) is 5.56 Å². The van der Waals surface area contributed by atoms with Crippen LogP contribution in [0.4, 0.5) is 11.6 Å². The maximum atomic E-state index is 10.5. The fourth-order valence-electron chi connectivity index (χ4n) is 3.52. The highest BCUT2D eigenvalue weighted by atomic mass is 16.4. The third kappa shape index (κ3) is 5.69. The Morgan fingerprint density at radius 2 is 1.87 bits per heavy atom. The first-order valence-corrected chi connectivity index (χ1v) is 10.5. The summed E-state index contributed by atoms with van der Waals surface area (Å²) in [4.78, 5) is 19.7. The van der Waals surface area contributed by atoms with Crippen LogP contribution in [0.3, 0.4) is 0 Å². The summed E-state index contributed by atoms with van der Waals surface area (Å²) in [6, 6.07) is 12.3. The van der Waals surface area contributed by atoms with Gasteiger partial charge in [0.25, 0.3) is 0 Å². The van der Waals surface area contributed by atoms with Crippen LogP contribution < -0.4 is 5.32 Å². The van der Waals surface area contributed by atoms with Gasteiger partial charge in [-0.25, -0.2) is 4.98 Å². The molecule has 4 aromatic rings. The molecule has 0 unspecified atom stereocenters. The predicted octanol–water partition coefficient (Wildman–Crippen LogP) is 4.45. The van der Waals surface area contributed by atoms with Crippen molar-refractivity contribution in [3.63, 3.8) is 0 Å². The molecule has 2 N–H and O–H groups in total. The molecule has 0 bridgehead atoms. The lowest BCUT2D eigenvalue weighted by Crippen LogP contribution is -2.02. The van der Waals surface area contributed by atoms with Crippen LogP contribution in [0.5, 0.6) is 0 Å². The minimum atomic E-state index is -0.726. The topological polar surface area (TPSA) is 97.9 Å². The number of hydrogen-bond acceptors (Lipinski definition) is 5. The number of carboxylic acid groups (broad SMARTS) is 1. The average Bonchev–Trinajstić information content (AvgIpc) is 3.38. The van der Waals surface area contributed by atoms with Crippen LogP contribution in [0.2, 0.25) is 0 Å². The second-order valence-electron chi connectivity index (χ2n) is 7.58. The number of aliphatic carboxylic acids is 1. The van der Waals surface area contributed by atoms with Gasteiger partial charge in [-0.3, -0.25) is 9.48 Å². The highest BCUT2D eigenvalue weighted by Gasteiger charge is 2.07. The molecule has 8 nitrogen and oxygen atoms in total. The van der Waals surface area contributed by atoms with Crippen molar-refractivity contribution in [2.24, 2.45) is 0 Å². The number of rotatable bonds is 11. The van der Waals surface area contributed by atoms with Gasteiger partial charge in [-0.1, -0.05) is 43.2 Å². The van der Waals surface area contributed by atoms with E-state index in [0.29, 0.717) is 5.95 Å². The molecular weight excluding hydrogens is 392 g/mol. The molecule has 160 valence electrons. The minimum Gasteiger partial charge on any atom is -0.481 e. The molecule has 8 heteroatoms. The van der Waals surface area contributed by atoms with Gasteiger partial charge in [-0.2, -0.15) is 10.1 Å². The second kappa shape index (κ2) is 9.88. The summed E-state index contributed by atoms with van der Waals surface area (Å²) in [5, 5.41) is 17.3. The maximum Gasteiger partial charge on any atom is 0.303 e. The molecule has 3 heterocycles. The van der Waals surface area contributed by atoms with Gasteiger partial charge in [0.1, 0.15) is 5.65 Å². The summed E-state index contributed by atoms with van der Waals surface area (Å²) in [5.74, 6) is -0.190. The van der Waals surface area contributed by atoms with Crippen molar-refractivity contribution in [1.29, 1.82) is 0 Å². The Hall–Kier alpha value is -3.68. The van der Waals surface area contributed by atoms with E-state index in [0.717, 1.165) is 55.5 Å². The lowest BCUT2D eigenvalue weighted by molar-refractivity contribution is -0.137. The SMILES string of the molecule is O=C(O)CCCCCCn1cc(Nc2ncc3ccn(Cc4ccccc4)c3n2)cn1. The van der Waals surface area contributed by atoms with Crippen molar-refractivity contribution < 1.29 is 9.90 Å². The highest BCUT2D eigenvalue weighted by molar-refractivity contribution is 5.76. The number of carboxylic acids is 1. The summed E-state index contributed by atoms with van der Waals surface area (Å²) >= 11 is 0. The highest BCUT2D eigenvalue weighted by Crippen LogP contribution is 2.18. The zero-order valence-corrected chi connectivity index (χ0v) is 17.3. The number of hydrogen-bond donors (Lipinski definition) is 2. The molecule has 0 aliphatic rings. The van der Waals surface area contributed by atoms with Crippen molar-refractivity contribution in [2.45, 2.75) is 45.2 Å². The summed E-state index contributed by atoms with van der Waals surface area (Å²) in [5.41, 5.74) is 2.94. The van der Waals surface area contributed by atoms with E-state index < -0.39 is 5.97 Å². The van der Waals surface area contributed by atoms with E-state index in [2.05, 4.69) is 32.1 Å². The smallest absolute Gasteiger partial charge is 0.303 e. The fourth-order valence-corrected chi connectivity index (χ4v) is 3.52. The number of benzene rings is 1. The monoisotopic (exact) mass is 418 g/mol.